The maximum atomic E-state index is 13.5. The molecule has 4 aromatic heterocycles. The normalized spacial score (nSPS) is 12.1. The molecule has 0 radical (unpaired) electrons. The van der Waals surface area contributed by atoms with Crippen LogP contribution in [0.1, 0.15) is 28.7 Å². The first-order valence-electron chi connectivity index (χ1n) is 9.27. The molecule has 0 aliphatic carbocycles. The van der Waals surface area contributed by atoms with Gasteiger partial charge in [0.15, 0.2) is 0 Å². The van der Waals surface area contributed by atoms with Crippen molar-refractivity contribution in [3.8, 4) is 0 Å². The quantitative estimate of drug-likeness (QED) is 0.339. The fourth-order valence-corrected chi connectivity index (χ4v) is 4.01. The van der Waals surface area contributed by atoms with E-state index in [9.17, 15) is 9.59 Å². The van der Waals surface area contributed by atoms with E-state index >= 15 is 0 Å². The fourth-order valence-electron chi connectivity index (χ4n) is 4.01. The van der Waals surface area contributed by atoms with Crippen molar-refractivity contribution in [3.63, 3.8) is 0 Å². The van der Waals surface area contributed by atoms with Crippen molar-refractivity contribution in [2.24, 2.45) is 0 Å². The van der Waals surface area contributed by atoms with Crippen molar-refractivity contribution >= 4 is 50.3 Å². The minimum atomic E-state index is -0.527. The molecule has 6 heteroatoms. The molecule has 0 bridgehead atoms. The lowest BCUT2D eigenvalue weighted by Gasteiger charge is -2.09. The third-order valence-electron chi connectivity index (χ3n) is 5.30. The van der Waals surface area contributed by atoms with E-state index in [1.807, 2.05) is 56.3 Å². The molecule has 5 aromatic rings. The predicted molar refractivity (Wildman–Crippen MR) is 114 cm³/mol. The van der Waals surface area contributed by atoms with E-state index < -0.39 is 5.97 Å². The number of aryl methyl sites for hydroxylation is 1. The molecule has 0 fully saturated rings. The van der Waals surface area contributed by atoms with Crippen LogP contribution in [0.5, 0.6) is 0 Å². The Morgan fingerprint density at radius 1 is 1.07 bits per heavy atom. The van der Waals surface area contributed by atoms with E-state index in [1.54, 1.807) is 10.5 Å². The Kier molecular flexibility index (Phi) is 3.64. The second kappa shape index (κ2) is 6.10. The van der Waals surface area contributed by atoms with Crippen LogP contribution >= 0.6 is 0 Å². The molecule has 6 nitrogen and oxygen atoms in total. The van der Waals surface area contributed by atoms with Crippen molar-refractivity contribution in [1.29, 1.82) is 0 Å². The first-order chi connectivity index (χ1) is 14.0. The van der Waals surface area contributed by atoms with E-state index in [-0.39, 0.29) is 11.3 Å². The Balaban J connectivity index is 2.12. The molecule has 29 heavy (non-hydrogen) atoms. The predicted octanol–water partition coefficient (Wildman–Crippen LogP) is 4.12. The molecule has 0 N–H and O–H groups in total. The number of hydrogen-bond acceptors (Lipinski definition) is 5. The monoisotopic (exact) mass is 383 g/mol. The molecular weight excluding hydrogens is 366 g/mol. The van der Waals surface area contributed by atoms with Gasteiger partial charge in [0.25, 0.3) is 5.56 Å². The van der Waals surface area contributed by atoms with E-state index in [1.165, 1.54) is 7.11 Å². The lowest BCUT2D eigenvalue weighted by molar-refractivity contribution is 0.0594. The average Bonchev–Trinajstić information content (AvgIpc) is 3.07. The Hall–Kier alpha value is -3.80. The number of esters is 1. The van der Waals surface area contributed by atoms with Crippen LogP contribution in [0.3, 0.4) is 0 Å². The highest BCUT2D eigenvalue weighted by atomic mass is 16.5. The Morgan fingerprint density at radius 2 is 1.86 bits per heavy atom. The van der Waals surface area contributed by atoms with Gasteiger partial charge < -0.3 is 4.74 Å². The van der Waals surface area contributed by atoms with Gasteiger partial charge in [-0.15, -0.1) is 0 Å². The summed E-state index contributed by atoms with van der Waals surface area (Å²) in [5.74, 6) is -0.527. The van der Waals surface area contributed by atoms with Gasteiger partial charge in [0.05, 0.1) is 23.5 Å². The maximum Gasteiger partial charge on any atom is 0.356 e. The van der Waals surface area contributed by atoms with E-state index in [2.05, 4.69) is 4.98 Å². The summed E-state index contributed by atoms with van der Waals surface area (Å²) in [6, 6.07) is 11.2. The number of fused-ring (bicyclic) bond motifs is 5. The van der Waals surface area contributed by atoms with E-state index in [0.717, 1.165) is 27.5 Å². The average molecular weight is 383 g/mol. The molecule has 0 atom stereocenters. The van der Waals surface area contributed by atoms with Crippen LogP contribution in [0.4, 0.5) is 0 Å². The van der Waals surface area contributed by atoms with Gasteiger partial charge in [-0.05, 0) is 37.6 Å². The van der Waals surface area contributed by atoms with Crippen molar-refractivity contribution in [2.45, 2.75) is 13.8 Å². The van der Waals surface area contributed by atoms with Gasteiger partial charge in [0, 0.05) is 16.5 Å². The van der Waals surface area contributed by atoms with Crippen molar-refractivity contribution in [1.82, 2.24) is 14.4 Å². The van der Waals surface area contributed by atoms with Crippen molar-refractivity contribution < 1.29 is 9.53 Å². The number of benzene rings is 1. The number of para-hydroxylation sites is 1. The number of carbonyl (C=O) groups is 1. The third kappa shape index (κ3) is 2.29. The highest BCUT2D eigenvalue weighted by Gasteiger charge is 2.22. The highest BCUT2D eigenvalue weighted by Crippen LogP contribution is 2.33. The topological polar surface area (TPSA) is 73.6 Å². The Bertz CT molecular complexity index is 1550. The summed E-state index contributed by atoms with van der Waals surface area (Å²) in [7, 11) is 1.33. The first-order valence-corrected chi connectivity index (χ1v) is 9.27. The standard InChI is InChI=1S/C23H17N3O3/c1-4-7-13-10-16-19(24-12(13)2)20-21-15(11-17(25-20)23(28)29-3)14-8-5-6-9-18(14)26(21)22(16)27/h4-11H,1-3H3. The molecule has 4 heterocycles. The molecule has 0 aliphatic heterocycles. The van der Waals surface area contributed by atoms with Gasteiger partial charge in [0.2, 0.25) is 0 Å². The minimum absolute atomic E-state index is 0.149. The van der Waals surface area contributed by atoms with Crippen LogP contribution in [0, 0.1) is 6.92 Å². The van der Waals surface area contributed by atoms with Gasteiger partial charge in [-0.3, -0.25) is 9.20 Å². The lowest BCUT2D eigenvalue weighted by atomic mass is 10.1. The van der Waals surface area contributed by atoms with Gasteiger partial charge >= 0.3 is 5.97 Å². The Labute approximate surface area is 165 Å². The summed E-state index contributed by atoms with van der Waals surface area (Å²) >= 11 is 0. The molecule has 142 valence electrons. The van der Waals surface area contributed by atoms with Gasteiger partial charge in [-0.25, -0.2) is 14.8 Å². The SMILES string of the molecule is CC=Cc1cc2c(=O)n3c4ccccc4c4cc(C(=O)OC)nc(c2nc1C)c43. The molecule has 0 aliphatic rings. The van der Waals surface area contributed by atoms with E-state index in [4.69, 9.17) is 9.72 Å². The largest absolute Gasteiger partial charge is 0.464 e. The number of pyridine rings is 3. The molecule has 0 saturated carbocycles. The summed E-state index contributed by atoms with van der Waals surface area (Å²) < 4.78 is 6.57. The van der Waals surface area contributed by atoms with Crippen molar-refractivity contribution in [2.75, 3.05) is 7.11 Å². The van der Waals surface area contributed by atoms with Crippen molar-refractivity contribution in [3.05, 3.63) is 69.8 Å². The number of carbonyl (C=O) groups excluding carboxylic acids is 1. The van der Waals surface area contributed by atoms with Crippen LogP contribution in [0.2, 0.25) is 0 Å². The summed E-state index contributed by atoms with van der Waals surface area (Å²) in [5, 5.41) is 2.12. The van der Waals surface area contributed by atoms with Crippen LogP contribution in [0.25, 0.3) is 44.3 Å². The molecule has 5 rings (SSSR count). The van der Waals surface area contributed by atoms with Crippen LogP contribution < -0.4 is 5.56 Å². The number of ether oxygens (including phenoxy) is 1. The fraction of sp³-hybridized carbons (Fsp3) is 0.130. The third-order valence-corrected chi connectivity index (χ3v) is 5.30. The summed E-state index contributed by atoms with van der Waals surface area (Å²) in [6.45, 7) is 3.81. The first kappa shape index (κ1) is 17.3. The number of aromatic nitrogens is 3. The zero-order valence-electron chi connectivity index (χ0n) is 16.2. The van der Waals surface area contributed by atoms with Crippen LogP contribution in [-0.4, -0.2) is 27.4 Å². The Morgan fingerprint density at radius 3 is 2.62 bits per heavy atom. The van der Waals surface area contributed by atoms with E-state index in [0.29, 0.717) is 21.9 Å². The number of rotatable bonds is 2. The van der Waals surface area contributed by atoms with Gasteiger partial charge in [-0.2, -0.15) is 0 Å². The smallest absolute Gasteiger partial charge is 0.356 e. The summed E-state index contributed by atoms with van der Waals surface area (Å²) in [5.41, 5.74) is 4.16. The molecule has 1 aromatic carbocycles. The zero-order valence-corrected chi connectivity index (χ0v) is 16.2. The summed E-state index contributed by atoms with van der Waals surface area (Å²) in [6.07, 6.45) is 3.83. The molecular formula is C23H17N3O3. The molecule has 0 amide bonds. The second-order valence-corrected chi connectivity index (χ2v) is 6.96. The van der Waals surface area contributed by atoms with Gasteiger partial charge in [0.1, 0.15) is 16.7 Å². The number of methoxy groups -OCH3 is 1. The highest BCUT2D eigenvalue weighted by molar-refractivity contribution is 6.19. The van der Waals surface area contributed by atoms with Gasteiger partial charge in [-0.1, -0.05) is 30.4 Å². The number of nitrogens with zero attached hydrogens (tertiary/aromatic N) is 3. The molecule has 0 spiro atoms. The second-order valence-electron chi connectivity index (χ2n) is 6.96. The molecule has 0 saturated heterocycles. The molecule has 0 unspecified atom stereocenters. The number of hydrogen-bond donors (Lipinski definition) is 0. The van der Waals surface area contributed by atoms with Crippen LogP contribution in [-0.2, 0) is 4.74 Å². The minimum Gasteiger partial charge on any atom is -0.464 e. The lowest BCUT2D eigenvalue weighted by Crippen LogP contribution is -2.15. The zero-order chi connectivity index (χ0) is 20.3. The summed E-state index contributed by atoms with van der Waals surface area (Å²) in [4.78, 5) is 35.0. The maximum absolute atomic E-state index is 13.5. The van der Waals surface area contributed by atoms with Crippen LogP contribution in [0.15, 0.2) is 47.3 Å². The number of allylic oxidation sites excluding steroid dienone is 1.